The number of ether oxygens (including phenoxy) is 2. The molecular formula is C9H10FNO2. The normalized spacial score (nSPS) is 15.5. The lowest BCUT2D eigenvalue weighted by atomic mass is 10.4. The smallest absolute Gasteiger partial charge is 0.259 e. The van der Waals surface area contributed by atoms with Gasteiger partial charge in [0.25, 0.3) is 5.88 Å². The Bertz CT molecular complexity index is 312. The highest BCUT2D eigenvalue weighted by atomic mass is 19.1. The van der Waals surface area contributed by atoms with Gasteiger partial charge in [-0.3, -0.25) is 0 Å². The van der Waals surface area contributed by atoms with E-state index in [-0.39, 0.29) is 12.0 Å². The van der Waals surface area contributed by atoms with Crippen LogP contribution in [0.5, 0.6) is 11.6 Å². The van der Waals surface area contributed by atoms with Crippen LogP contribution in [0.1, 0.15) is 12.8 Å². The highest BCUT2D eigenvalue weighted by Crippen LogP contribution is 2.31. The van der Waals surface area contributed by atoms with E-state index in [9.17, 15) is 4.39 Å². The molecule has 1 aliphatic carbocycles. The average Bonchev–Trinajstić information content (AvgIpc) is 2.92. The summed E-state index contributed by atoms with van der Waals surface area (Å²) in [5.74, 6) is 0.179. The third-order valence-corrected chi connectivity index (χ3v) is 1.80. The Morgan fingerprint density at radius 2 is 2.23 bits per heavy atom. The molecule has 70 valence electrons. The van der Waals surface area contributed by atoms with Crippen LogP contribution >= 0.6 is 0 Å². The van der Waals surface area contributed by atoms with E-state index in [1.54, 1.807) is 6.07 Å². The summed E-state index contributed by atoms with van der Waals surface area (Å²) < 4.78 is 23.0. The zero-order chi connectivity index (χ0) is 9.26. The van der Waals surface area contributed by atoms with Crippen molar-refractivity contribution in [1.29, 1.82) is 0 Å². The monoisotopic (exact) mass is 183 g/mol. The van der Waals surface area contributed by atoms with E-state index < -0.39 is 5.95 Å². The van der Waals surface area contributed by atoms with Crippen LogP contribution in [0.25, 0.3) is 0 Å². The molecule has 0 amide bonds. The molecule has 3 nitrogen and oxygen atoms in total. The predicted octanol–water partition coefficient (Wildman–Crippen LogP) is 1.77. The lowest BCUT2D eigenvalue weighted by Gasteiger charge is -2.07. The molecule has 0 unspecified atom stereocenters. The van der Waals surface area contributed by atoms with Crippen LogP contribution in [0.2, 0.25) is 0 Å². The number of halogens is 1. The SMILES string of the molecule is COc1nc(F)ccc1OC1CC1. The van der Waals surface area contributed by atoms with Crippen LogP contribution in [0.4, 0.5) is 4.39 Å². The van der Waals surface area contributed by atoms with Crippen molar-refractivity contribution in [2.24, 2.45) is 0 Å². The molecule has 13 heavy (non-hydrogen) atoms. The molecule has 1 aromatic heterocycles. The first-order valence-electron chi connectivity index (χ1n) is 4.17. The second-order valence-electron chi connectivity index (χ2n) is 2.96. The van der Waals surface area contributed by atoms with Crippen molar-refractivity contribution in [2.75, 3.05) is 7.11 Å². The number of pyridine rings is 1. The van der Waals surface area contributed by atoms with Crippen molar-refractivity contribution in [3.8, 4) is 11.6 Å². The molecule has 0 N–H and O–H groups in total. The molecule has 0 bridgehead atoms. The maximum atomic E-state index is 12.6. The van der Waals surface area contributed by atoms with Crippen molar-refractivity contribution >= 4 is 0 Å². The fourth-order valence-electron chi connectivity index (χ4n) is 1.01. The Kier molecular flexibility index (Phi) is 2.04. The summed E-state index contributed by atoms with van der Waals surface area (Å²) >= 11 is 0. The van der Waals surface area contributed by atoms with E-state index in [2.05, 4.69) is 4.98 Å². The summed E-state index contributed by atoms with van der Waals surface area (Å²) in [5.41, 5.74) is 0. The lowest BCUT2D eigenvalue weighted by Crippen LogP contribution is -2.00. The van der Waals surface area contributed by atoms with Gasteiger partial charge < -0.3 is 9.47 Å². The minimum atomic E-state index is -0.556. The van der Waals surface area contributed by atoms with Crippen molar-refractivity contribution in [1.82, 2.24) is 4.98 Å². The van der Waals surface area contributed by atoms with Gasteiger partial charge >= 0.3 is 0 Å². The molecule has 0 saturated heterocycles. The van der Waals surface area contributed by atoms with E-state index in [1.165, 1.54) is 13.2 Å². The van der Waals surface area contributed by atoms with Gasteiger partial charge in [0.1, 0.15) is 0 Å². The summed E-state index contributed by atoms with van der Waals surface area (Å²) in [6.07, 6.45) is 2.38. The van der Waals surface area contributed by atoms with Crippen LogP contribution in [0.3, 0.4) is 0 Å². The molecular weight excluding hydrogens is 173 g/mol. The zero-order valence-corrected chi connectivity index (χ0v) is 7.29. The van der Waals surface area contributed by atoms with Gasteiger partial charge in [0, 0.05) is 0 Å². The molecule has 2 rings (SSSR count). The molecule has 0 spiro atoms. The Labute approximate surface area is 75.5 Å². The first-order valence-corrected chi connectivity index (χ1v) is 4.17. The summed E-state index contributed by atoms with van der Waals surface area (Å²) in [6.45, 7) is 0. The molecule has 0 atom stereocenters. The number of hydrogen-bond donors (Lipinski definition) is 0. The van der Waals surface area contributed by atoms with Crippen LogP contribution in [-0.4, -0.2) is 18.2 Å². The van der Waals surface area contributed by atoms with Gasteiger partial charge in [-0.15, -0.1) is 0 Å². The topological polar surface area (TPSA) is 31.4 Å². The highest BCUT2D eigenvalue weighted by molar-refractivity contribution is 5.33. The largest absolute Gasteiger partial charge is 0.485 e. The van der Waals surface area contributed by atoms with E-state index in [1.807, 2.05) is 0 Å². The Balaban J connectivity index is 2.21. The Morgan fingerprint density at radius 3 is 2.85 bits per heavy atom. The lowest BCUT2D eigenvalue weighted by molar-refractivity contribution is 0.274. The first kappa shape index (κ1) is 8.29. The van der Waals surface area contributed by atoms with Gasteiger partial charge in [-0.05, 0) is 25.0 Å². The second-order valence-corrected chi connectivity index (χ2v) is 2.96. The number of aromatic nitrogens is 1. The molecule has 0 aromatic carbocycles. The van der Waals surface area contributed by atoms with E-state index in [4.69, 9.17) is 9.47 Å². The van der Waals surface area contributed by atoms with Gasteiger partial charge in [-0.1, -0.05) is 0 Å². The van der Waals surface area contributed by atoms with Gasteiger partial charge in [0.05, 0.1) is 13.2 Å². The van der Waals surface area contributed by atoms with Gasteiger partial charge in [-0.2, -0.15) is 9.37 Å². The maximum Gasteiger partial charge on any atom is 0.259 e. The van der Waals surface area contributed by atoms with Gasteiger partial charge in [-0.25, -0.2) is 0 Å². The molecule has 4 heteroatoms. The number of nitrogens with zero attached hydrogens (tertiary/aromatic N) is 1. The fraction of sp³-hybridized carbons (Fsp3) is 0.444. The van der Waals surface area contributed by atoms with Gasteiger partial charge in [0.15, 0.2) is 5.75 Å². The van der Waals surface area contributed by atoms with E-state index in [0.717, 1.165) is 12.8 Å². The van der Waals surface area contributed by atoms with E-state index in [0.29, 0.717) is 5.75 Å². The molecule has 1 heterocycles. The predicted molar refractivity (Wildman–Crippen MR) is 44.4 cm³/mol. The fourth-order valence-corrected chi connectivity index (χ4v) is 1.01. The summed E-state index contributed by atoms with van der Waals surface area (Å²) in [6, 6.07) is 2.81. The average molecular weight is 183 g/mol. The third-order valence-electron chi connectivity index (χ3n) is 1.80. The molecule has 1 aliphatic rings. The Hall–Kier alpha value is -1.32. The first-order chi connectivity index (χ1) is 6.29. The second kappa shape index (κ2) is 3.20. The van der Waals surface area contributed by atoms with Crippen molar-refractivity contribution < 1.29 is 13.9 Å². The summed E-state index contributed by atoms with van der Waals surface area (Å²) in [7, 11) is 1.45. The minimum absolute atomic E-state index is 0.215. The van der Waals surface area contributed by atoms with Crippen LogP contribution in [-0.2, 0) is 0 Å². The third kappa shape index (κ3) is 1.88. The summed E-state index contributed by atoms with van der Waals surface area (Å²) in [4.78, 5) is 3.56. The maximum absolute atomic E-state index is 12.6. The van der Waals surface area contributed by atoms with E-state index >= 15 is 0 Å². The standard InChI is InChI=1S/C9H10FNO2/c1-12-9-7(13-6-2-3-6)4-5-8(10)11-9/h4-6H,2-3H2,1H3. The van der Waals surface area contributed by atoms with Crippen molar-refractivity contribution in [3.63, 3.8) is 0 Å². The molecule has 1 aromatic rings. The van der Waals surface area contributed by atoms with Crippen LogP contribution in [0.15, 0.2) is 12.1 Å². The van der Waals surface area contributed by atoms with Crippen molar-refractivity contribution in [2.45, 2.75) is 18.9 Å². The minimum Gasteiger partial charge on any atom is -0.485 e. The number of methoxy groups -OCH3 is 1. The zero-order valence-electron chi connectivity index (χ0n) is 7.29. The quantitative estimate of drug-likeness (QED) is 0.669. The number of rotatable bonds is 3. The highest BCUT2D eigenvalue weighted by Gasteiger charge is 2.25. The van der Waals surface area contributed by atoms with Gasteiger partial charge in [0.2, 0.25) is 5.95 Å². The van der Waals surface area contributed by atoms with Crippen molar-refractivity contribution in [3.05, 3.63) is 18.1 Å². The Morgan fingerprint density at radius 1 is 1.46 bits per heavy atom. The molecule has 1 saturated carbocycles. The summed E-state index contributed by atoms with van der Waals surface area (Å²) in [5, 5.41) is 0. The van der Waals surface area contributed by atoms with Crippen LogP contribution in [0, 0.1) is 5.95 Å². The molecule has 0 radical (unpaired) electrons. The molecule has 1 fully saturated rings. The molecule has 0 aliphatic heterocycles. The number of hydrogen-bond acceptors (Lipinski definition) is 3. The van der Waals surface area contributed by atoms with Crippen LogP contribution < -0.4 is 9.47 Å².